The molecule has 0 saturated heterocycles. The molecule has 0 aliphatic heterocycles. The smallest absolute Gasteiger partial charge is 0.124 e. The fourth-order valence-corrected chi connectivity index (χ4v) is 2.62. The molecule has 18 heavy (non-hydrogen) atoms. The van der Waals surface area contributed by atoms with Crippen LogP contribution in [0.1, 0.15) is 11.9 Å². The summed E-state index contributed by atoms with van der Waals surface area (Å²) >= 11 is 1.53. The number of halogens is 2. The average molecular weight is 290 g/mol. The van der Waals surface area contributed by atoms with Gasteiger partial charge in [0, 0.05) is 12.6 Å². The monoisotopic (exact) mass is 289 g/mol. The maximum Gasteiger partial charge on any atom is 0.124 e. The maximum atomic E-state index is 13.0. The summed E-state index contributed by atoms with van der Waals surface area (Å²) in [6.07, 6.45) is 0. The Bertz CT molecular complexity index is 517. The van der Waals surface area contributed by atoms with E-state index in [0.29, 0.717) is 12.6 Å². The number of fused-ring (bicyclic) bond motifs is 1. The Hall–Kier alpha value is -0.750. The van der Waals surface area contributed by atoms with Gasteiger partial charge in [-0.05, 0) is 32.2 Å². The highest BCUT2D eigenvalue weighted by molar-refractivity contribution is 7.18. The van der Waals surface area contributed by atoms with E-state index in [0.717, 1.165) is 21.8 Å². The first-order chi connectivity index (χ1) is 8.10. The van der Waals surface area contributed by atoms with Gasteiger partial charge in [-0.1, -0.05) is 0 Å². The number of thiazole rings is 1. The molecule has 6 heteroatoms. The normalized spacial score (nSPS) is 12.7. The van der Waals surface area contributed by atoms with Crippen molar-refractivity contribution in [2.75, 3.05) is 13.6 Å². The van der Waals surface area contributed by atoms with Crippen molar-refractivity contribution in [1.82, 2.24) is 9.88 Å². The number of rotatable bonds is 4. The van der Waals surface area contributed by atoms with Crippen LogP contribution in [0.3, 0.4) is 0 Å². The number of hydrogen-bond donors (Lipinski definition) is 1. The van der Waals surface area contributed by atoms with Crippen LogP contribution < -0.4 is 5.73 Å². The molecule has 0 aliphatic rings. The highest BCUT2D eigenvalue weighted by Crippen LogP contribution is 2.23. The van der Waals surface area contributed by atoms with Gasteiger partial charge in [-0.3, -0.25) is 4.90 Å². The second-order valence-electron chi connectivity index (χ2n) is 4.22. The molecule has 2 aromatic rings. The highest BCUT2D eigenvalue weighted by Gasteiger charge is 2.11. The van der Waals surface area contributed by atoms with Crippen LogP contribution in [0.4, 0.5) is 4.39 Å². The quantitative estimate of drug-likeness (QED) is 0.941. The molecule has 0 spiro atoms. The Balaban J connectivity index is 0.00000162. The molecule has 0 saturated carbocycles. The lowest BCUT2D eigenvalue weighted by Gasteiger charge is -2.21. The van der Waals surface area contributed by atoms with E-state index in [2.05, 4.69) is 16.8 Å². The Labute approximate surface area is 116 Å². The van der Waals surface area contributed by atoms with Crippen LogP contribution in [-0.4, -0.2) is 29.5 Å². The zero-order valence-corrected chi connectivity index (χ0v) is 12.0. The van der Waals surface area contributed by atoms with Gasteiger partial charge in [-0.15, -0.1) is 23.7 Å². The van der Waals surface area contributed by atoms with Gasteiger partial charge in [0.2, 0.25) is 0 Å². The van der Waals surface area contributed by atoms with Crippen LogP contribution in [0.5, 0.6) is 0 Å². The minimum Gasteiger partial charge on any atom is -0.329 e. The molecular formula is C12H17ClFN3S. The van der Waals surface area contributed by atoms with Crippen molar-refractivity contribution in [2.24, 2.45) is 5.73 Å². The number of benzene rings is 1. The Kier molecular flexibility index (Phi) is 5.47. The SMILES string of the molecule is CC(CN)N(C)Cc1nc2ccc(F)cc2s1.Cl. The lowest BCUT2D eigenvalue weighted by atomic mass is 10.3. The van der Waals surface area contributed by atoms with Gasteiger partial charge in [0.15, 0.2) is 0 Å². The van der Waals surface area contributed by atoms with Crippen LogP contribution in [0.25, 0.3) is 10.2 Å². The van der Waals surface area contributed by atoms with Gasteiger partial charge in [0.1, 0.15) is 10.8 Å². The van der Waals surface area contributed by atoms with Gasteiger partial charge < -0.3 is 5.73 Å². The first kappa shape index (κ1) is 15.3. The second kappa shape index (κ2) is 6.43. The molecule has 100 valence electrons. The molecule has 0 amide bonds. The van der Waals surface area contributed by atoms with Gasteiger partial charge in [-0.2, -0.15) is 0 Å². The van der Waals surface area contributed by atoms with Crippen molar-refractivity contribution < 1.29 is 4.39 Å². The molecule has 1 atom stereocenters. The fraction of sp³-hybridized carbons (Fsp3) is 0.417. The molecule has 1 aromatic carbocycles. The van der Waals surface area contributed by atoms with Crippen molar-refractivity contribution >= 4 is 34.0 Å². The van der Waals surface area contributed by atoms with E-state index in [1.807, 2.05) is 7.05 Å². The molecule has 1 unspecified atom stereocenters. The molecule has 0 bridgehead atoms. The summed E-state index contributed by atoms with van der Waals surface area (Å²) in [4.78, 5) is 6.63. The predicted octanol–water partition coefficient (Wildman–Crippen LogP) is 2.64. The van der Waals surface area contributed by atoms with Crippen molar-refractivity contribution in [3.63, 3.8) is 0 Å². The van der Waals surface area contributed by atoms with Crippen molar-refractivity contribution in [2.45, 2.75) is 19.5 Å². The average Bonchev–Trinajstić information content (AvgIpc) is 2.69. The summed E-state index contributed by atoms with van der Waals surface area (Å²) in [5.41, 5.74) is 6.47. The summed E-state index contributed by atoms with van der Waals surface area (Å²) in [6, 6.07) is 5.01. The topological polar surface area (TPSA) is 42.1 Å². The number of aromatic nitrogens is 1. The summed E-state index contributed by atoms with van der Waals surface area (Å²) < 4.78 is 13.9. The van der Waals surface area contributed by atoms with E-state index in [1.54, 1.807) is 6.07 Å². The summed E-state index contributed by atoms with van der Waals surface area (Å²) in [6.45, 7) is 3.45. The molecule has 0 fully saturated rings. The lowest BCUT2D eigenvalue weighted by Crippen LogP contribution is -2.34. The van der Waals surface area contributed by atoms with Crippen LogP contribution in [0, 0.1) is 5.82 Å². The third-order valence-corrected chi connectivity index (χ3v) is 3.88. The van der Waals surface area contributed by atoms with Crippen LogP contribution >= 0.6 is 23.7 Å². The van der Waals surface area contributed by atoms with Gasteiger partial charge in [0.05, 0.1) is 16.8 Å². The highest BCUT2D eigenvalue weighted by atomic mass is 35.5. The Morgan fingerprint density at radius 2 is 2.22 bits per heavy atom. The molecule has 2 N–H and O–H groups in total. The van der Waals surface area contributed by atoms with E-state index in [4.69, 9.17) is 5.73 Å². The molecule has 1 aromatic heterocycles. The molecule has 2 rings (SSSR count). The number of nitrogens with two attached hydrogens (primary N) is 1. The molecular weight excluding hydrogens is 273 g/mol. The third-order valence-electron chi connectivity index (χ3n) is 2.87. The zero-order chi connectivity index (χ0) is 12.4. The van der Waals surface area contributed by atoms with E-state index >= 15 is 0 Å². The largest absolute Gasteiger partial charge is 0.329 e. The lowest BCUT2D eigenvalue weighted by molar-refractivity contribution is 0.254. The molecule has 3 nitrogen and oxygen atoms in total. The van der Waals surface area contributed by atoms with Crippen molar-refractivity contribution in [1.29, 1.82) is 0 Å². The first-order valence-electron chi connectivity index (χ1n) is 5.55. The van der Waals surface area contributed by atoms with Crippen LogP contribution in [0.2, 0.25) is 0 Å². The second-order valence-corrected chi connectivity index (χ2v) is 5.33. The zero-order valence-electron chi connectivity index (χ0n) is 10.4. The van der Waals surface area contributed by atoms with Crippen molar-refractivity contribution in [3.05, 3.63) is 29.0 Å². The van der Waals surface area contributed by atoms with E-state index in [1.165, 1.54) is 23.5 Å². The standard InChI is InChI=1S/C12H16FN3S.ClH/c1-8(6-14)16(2)7-12-15-10-4-3-9(13)5-11(10)17-12;/h3-5,8H,6-7,14H2,1-2H3;1H. The number of likely N-dealkylation sites (N-methyl/N-ethyl adjacent to an activating group) is 1. The number of hydrogen-bond acceptors (Lipinski definition) is 4. The van der Waals surface area contributed by atoms with Gasteiger partial charge >= 0.3 is 0 Å². The fourth-order valence-electron chi connectivity index (χ4n) is 1.56. The van der Waals surface area contributed by atoms with Crippen LogP contribution in [0.15, 0.2) is 18.2 Å². The summed E-state index contributed by atoms with van der Waals surface area (Å²) in [5, 5.41) is 0.994. The summed E-state index contributed by atoms with van der Waals surface area (Å²) in [5.74, 6) is -0.212. The van der Waals surface area contributed by atoms with E-state index in [9.17, 15) is 4.39 Å². The maximum absolute atomic E-state index is 13.0. The first-order valence-corrected chi connectivity index (χ1v) is 6.37. The van der Waals surface area contributed by atoms with Crippen LogP contribution in [-0.2, 0) is 6.54 Å². The van der Waals surface area contributed by atoms with Crippen molar-refractivity contribution in [3.8, 4) is 0 Å². The van der Waals surface area contributed by atoms with E-state index < -0.39 is 0 Å². The molecule has 0 radical (unpaired) electrons. The minimum absolute atomic E-state index is 0. The Morgan fingerprint density at radius 3 is 2.89 bits per heavy atom. The Morgan fingerprint density at radius 1 is 1.50 bits per heavy atom. The van der Waals surface area contributed by atoms with E-state index in [-0.39, 0.29) is 18.2 Å². The van der Waals surface area contributed by atoms with Gasteiger partial charge in [0.25, 0.3) is 0 Å². The number of nitrogens with zero attached hydrogens (tertiary/aromatic N) is 2. The summed E-state index contributed by atoms with van der Waals surface area (Å²) in [7, 11) is 2.02. The molecule has 1 heterocycles. The predicted molar refractivity (Wildman–Crippen MR) is 76.8 cm³/mol. The third kappa shape index (κ3) is 3.38. The van der Waals surface area contributed by atoms with Gasteiger partial charge in [-0.25, -0.2) is 9.37 Å². The molecule has 0 aliphatic carbocycles. The minimum atomic E-state index is -0.212.